The highest BCUT2D eigenvalue weighted by Gasteiger charge is 2.58. The molecule has 0 radical (unpaired) electrons. The Morgan fingerprint density at radius 2 is 1.71 bits per heavy atom. The van der Waals surface area contributed by atoms with Gasteiger partial charge in [0.15, 0.2) is 0 Å². The molecule has 0 heterocycles. The van der Waals surface area contributed by atoms with Crippen LogP contribution in [0.3, 0.4) is 0 Å². The molecule has 4 heteroatoms. The number of carbonyl (C=O) groups is 2. The van der Waals surface area contributed by atoms with E-state index in [-0.39, 0.29) is 17.8 Å². The molecule has 2 fully saturated rings. The van der Waals surface area contributed by atoms with Gasteiger partial charge in [0.1, 0.15) is 0 Å². The van der Waals surface area contributed by atoms with E-state index >= 15 is 0 Å². The molecule has 3 rings (SSSR count). The number of carboxylic acid groups (broad SMARTS) is 2. The lowest BCUT2D eigenvalue weighted by Crippen LogP contribution is -2.37. The smallest absolute Gasteiger partial charge is 0.307 e. The van der Waals surface area contributed by atoms with Crippen molar-refractivity contribution in [1.29, 1.82) is 0 Å². The first-order valence-corrected chi connectivity index (χ1v) is 7.43. The van der Waals surface area contributed by atoms with E-state index in [1.807, 2.05) is 13.8 Å². The van der Waals surface area contributed by atoms with Crippen molar-refractivity contribution in [2.75, 3.05) is 0 Å². The van der Waals surface area contributed by atoms with Gasteiger partial charge in [-0.25, -0.2) is 0 Å². The first-order valence-electron chi connectivity index (χ1n) is 7.43. The van der Waals surface area contributed by atoms with Gasteiger partial charge in [0.05, 0.1) is 11.8 Å². The Morgan fingerprint density at radius 1 is 1.05 bits per heavy atom. The van der Waals surface area contributed by atoms with E-state index in [1.165, 1.54) is 16.7 Å². The highest BCUT2D eigenvalue weighted by Crippen LogP contribution is 2.59. The number of rotatable bonds is 3. The average molecular weight is 288 g/mol. The van der Waals surface area contributed by atoms with Crippen LogP contribution in [0.15, 0.2) is 18.2 Å². The molecule has 0 amide bonds. The van der Waals surface area contributed by atoms with Gasteiger partial charge >= 0.3 is 11.9 Å². The number of carboxylic acids is 2. The lowest BCUT2D eigenvalue weighted by Gasteiger charge is -2.32. The molecule has 0 saturated heterocycles. The number of aliphatic carboxylic acids is 2. The fraction of sp³-hybridized carbons (Fsp3) is 0.529. The molecule has 0 spiro atoms. The number of aryl methyl sites for hydroxylation is 2. The molecule has 5 unspecified atom stereocenters. The van der Waals surface area contributed by atoms with Gasteiger partial charge in [-0.2, -0.15) is 0 Å². The average Bonchev–Trinajstić information content (AvgIpc) is 2.98. The van der Waals surface area contributed by atoms with Crippen molar-refractivity contribution in [2.24, 2.45) is 23.7 Å². The summed E-state index contributed by atoms with van der Waals surface area (Å²) >= 11 is 0. The van der Waals surface area contributed by atoms with E-state index in [1.54, 1.807) is 0 Å². The Kier molecular flexibility index (Phi) is 3.27. The summed E-state index contributed by atoms with van der Waals surface area (Å²) in [4.78, 5) is 23.0. The van der Waals surface area contributed by atoms with E-state index in [0.717, 1.165) is 12.8 Å². The molecule has 112 valence electrons. The van der Waals surface area contributed by atoms with Crippen molar-refractivity contribution >= 4 is 11.9 Å². The first-order chi connectivity index (χ1) is 9.90. The first kappa shape index (κ1) is 14.1. The second kappa shape index (κ2) is 4.86. The SMILES string of the molecule is Cc1ccc(C)c(C2CC3CC2C(C(=O)O)C3C(=O)O)c1. The normalized spacial score (nSPS) is 34.1. The fourth-order valence-corrected chi connectivity index (χ4v) is 4.57. The summed E-state index contributed by atoms with van der Waals surface area (Å²) in [6.45, 7) is 4.08. The van der Waals surface area contributed by atoms with Crippen LogP contribution in [0.25, 0.3) is 0 Å². The monoisotopic (exact) mass is 288 g/mol. The summed E-state index contributed by atoms with van der Waals surface area (Å²) < 4.78 is 0. The minimum absolute atomic E-state index is 0.00138. The quantitative estimate of drug-likeness (QED) is 0.897. The molecule has 2 aliphatic rings. The molecule has 2 saturated carbocycles. The van der Waals surface area contributed by atoms with E-state index in [4.69, 9.17) is 0 Å². The Bertz CT molecular complexity index is 607. The van der Waals surface area contributed by atoms with Gasteiger partial charge in [0.25, 0.3) is 0 Å². The molecule has 21 heavy (non-hydrogen) atoms. The molecule has 2 N–H and O–H groups in total. The number of hydrogen-bond donors (Lipinski definition) is 2. The predicted molar refractivity (Wildman–Crippen MR) is 77.1 cm³/mol. The third-order valence-corrected chi connectivity index (χ3v) is 5.41. The number of fused-ring (bicyclic) bond motifs is 2. The third kappa shape index (κ3) is 2.13. The molecule has 4 nitrogen and oxygen atoms in total. The van der Waals surface area contributed by atoms with Crippen LogP contribution in [0, 0.1) is 37.5 Å². The van der Waals surface area contributed by atoms with Crippen LogP contribution >= 0.6 is 0 Å². The Morgan fingerprint density at radius 3 is 2.33 bits per heavy atom. The summed E-state index contributed by atoms with van der Waals surface area (Å²) in [5, 5.41) is 18.8. The summed E-state index contributed by atoms with van der Waals surface area (Å²) in [5.74, 6) is -3.22. The van der Waals surface area contributed by atoms with Gasteiger partial charge in [-0.15, -0.1) is 0 Å². The maximum absolute atomic E-state index is 11.6. The van der Waals surface area contributed by atoms with E-state index < -0.39 is 23.8 Å². The van der Waals surface area contributed by atoms with E-state index in [0.29, 0.717) is 0 Å². The van der Waals surface area contributed by atoms with E-state index in [2.05, 4.69) is 18.2 Å². The van der Waals surface area contributed by atoms with Crippen LogP contribution in [0.1, 0.15) is 35.4 Å². The Labute approximate surface area is 123 Å². The molecular weight excluding hydrogens is 268 g/mol. The van der Waals surface area contributed by atoms with Crippen molar-refractivity contribution in [2.45, 2.75) is 32.6 Å². The Hall–Kier alpha value is -1.84. The van der Waals surface area contributed by atoms with Gasteiger partial charge in [0.2, 0.25) is 0 Å². The van der Waals surface area contributed by atoms with Crippen LogP contribution in [-0.4, -0.2) is 22.2 Å². The van der Waals surface area contributed by atoms with Crippen molar-refractivity contribution < 1.29 is 19.8 Å². The van der Waals surface area contributed by atoms with Crippen LogP contribution in [0.2, 0.25) is 0 Å². The topological polar surface area (TPSA) is 74.6 Å². The van der Waals surface area contributed by atoms with Crippen LogP contribution in [-0.2, 0) is 9.59 Å². The minimum Gasteiger partial charge on any atom is -0.481 e. The van der Waals surface area contributed by atoms with Crippen molar-refractivity contribution in [3.63, 3.8) is 0 Å². The zero-order valence-electron chi connectivity index (χ0n) is 12.2. The van der Waals surface area contributed by atoms with Gasteiger partial charge in [0, 0.05) is 0 Å². The van der Waals surface area contributed by atoms with Gasteiger partial charge in [-0.1, -0.05) is 23.8 Å². The maximum Gasteiger partial charge on any atom is 0.307 e. The molecular formula is C17H20O4. The van der Waals surface area contributed by atoms with Crippen molar-refractivity contribution in [3.05, 3.63) is 34.9 Å². The Balaban J connectivity index is 1.97. The standard InChI is InChI=1S/C17H20O4/c1-8-3-4-9(2)11(5-8)12-6-10-7-13(12)15(17(20)21)14(10)16(18)19/h3-5,10,12-15H,6-7H2,1-2H3,(H,18,19)(H,20,21). The third-order valence-electron chi connectivity index (χ3n) is 5.41. The largest absolute Gasteiger partial charge is 0.481 e. The predicted octanol–water partition coefficient (Wildman–Crippen LogP) is 2.83. The van der Waals surface area contributed by atoms with E-state index in [9.17, 15) is 19.8 Å². The van der Waals surface area contributed by atoms with Crippen molar-refractivity contribution in [1.82, 2.24) is 0 Å². The molecule has 1 aromatic carbocycles. The molecule has 1 aromatic rings. The highest BCUT2D eigenvalue weighted by atomic mass is 16.4. The molecule has 2 aliphatic carbocycles. The second-order valence-corrected chi connectivity index (χ2v) is 6.59. The summed E-state index contributed by atoms with van der Waals surface area (Å²) in [5.41, 5.74) is 3.55. The molecule has 5 atom stereocenters. The van der Waals surface area contributed by atoms with Crippen LogP contribution < -0.4 is 0 Å². The molecule has 0 aromatic heterocycles. The minimum atomic E-state index is -0.954. The van der Waals surface area contributed by atoms with Crippen molar-refractivity contribution in [3.8, 4) is 0 Å². The summed E-state index contributed by atoms with van der Waals surface area (Å²) in [6, 6.07) is 6.26. The zero-order chi connectivity index (χ0) is 15.3. The molecule has 0 aliphatic heterocycles. The summed E-state index contributed by atoms with van der Waals surface area (Å²) in [7, 11) is 0. The van der Waals surface area contributed by atoms with Crippen LogP contribution in [0.5, 0.6) is 0 Å². The lowest BCUT2D eigenvalue weighted by atomic mass is 9.71. The zero-order valence-corrected chi connectivity index (χ0v) is 12.2. The van der Waals surface area contributed by atoms with Gasteiger partial charge in [-0.3, -0.25) is 9.59 Å². The fourth-order valence-electron chi connectivity index (χ4n) is 4.57. The van der Waals surface area contributed by atoms with Crippen LogP contribution in [0.4, 0.5) is 0 Å². The highest BCUT2D eigenvalue weighted by molar-refractivity contribution is 5.82. The number of benzene rings is 1. The number of hydrogen-bond acceptors (Lipinski definition) is 2. The van der Waals surface area contributed by atoms with Gasteiger partial charge < -0.3 is 10.2 Å². The van der Waals surface area contributed by atoms with Gasteiger partial charge in [-0.05, 0) is 55.6 Å². The summed E-state index contributed by atoms with van der Waals surface area (Å²) in [6.07, 6.45) is 1.53. The lowest BCUT2D eigenvalue weighted by molar-refractivity contribution is -0.156. The molecule has 2 bridgehead atoms. The second-order valence-electron chi connectivity index (χ2n) is 6.59. The maximum atomic E-state index is 11.6.